The Morgan fingerprint density at radius 3 is 2.60 bits per heavy atom. The molecule has 156 valence electrons. The summed E-state index contributed by atoms with van der Waals surface area (Å²) in [6.45, 7) is 4.31. The molecule has 1 aliphatic heterocycles. The van der Waals surface area contributed by atoms with Gasteiger partial charge in [-0.05, 0) is 23.6 Å². The molecule has 0 aliphatic carbocycles. The van der Waals surface area contributed by atoms with E-state index in [1.165, 1.54) is 21.2 Å². The number of thiophene rings is 1. The van der Waals surface area contributed by atoms with E-state index in [0.29, 0.717) is 5.01 Å². The van der Waals surface area contributed by atoms with E-state index in [0.717, 1.165) is 55.1 Å². The standard InChI is InChI=1S/C21H20N4OS3.ClH/c26-21(20-23-15-4-1-2-5-18(15)29-20)25-11-9-24(10-12-25)8-7-19-22-16(14-28-19)17-6-3-13-27-17;/h1-6,13-14H,7-12H2;1H. The van der Waals surface area contributed by atoms with E-state index in [2.05, 4.69) is 32.8 Å². The van der Waals surface area contributed by atoms with Gasteiger partial charge in [-0.1, -0.05) is 18.2 Å². The second-order valence-corrected chi connectivity index (χ2v) is 9.90. The van der Waals surface area contributed by atoms with Gasteiger partial charge >= 0.3 is 0 Å². The van der Waals surface area contributed by atoms with Crippen LogP contribution in [0.2, 0.25) is 0 Å². The van der Waals surface area contributed by atoms with Crippen LogP contribution in [-0.4, -0.2) is 58.4 Å². The lowest BCUT2D eigenvalue weighted by Crippen LogP contribution is -2.49. The first-order valence-electron chi connectivity index (χ1n) is 9.62. The van der Waals surface area contributed by atoms with Gasteiger partial charge < -0.3 is 4.90 Å². The predicted octanol–water partition coefficient (Wildman–Crippen LogP) is 4.90. The molecule has 1 aromatic carbocycles. The van der Waals surface area contributed by atoms with Crippen LogP contribution in [0.4, 0.5) is 0 Å². The minimum absolute atomic E-state index is 0. The van der Waals surface area contributed by atoms with E-state index in [1.807, 2.05) is 29.2 Å². The van der Waals surface area contributed by atoms with E-state index in [4.69, 9.17) is 4.98 Å². The molecule has 0 radical (unpaired) electrons. The van der Waals surface area contributed by atoms with E-state index in [9.17, 15) is 4.79 Å². The molecule has 0 atom stereocenters. The molecule has 5 rings (SSSR count). The van der Waals surface area contributed by atoms with Crippen molar-refractivity contribution >= 4 is 62.5 Å². The maximum atomic E-state index is 12.8. The quantitative estimate of drug-likeness (QED) is 0.411. The summed E-state index contributed by atoms with van der Waals surface area (Å²) in [6.07, 6.45) is 0.960. The van der Waals surface area contributed by atoms with Gasteiger partial charge in [0, 0.05) is 44.5 Å². The summed E-state index contributed by atoms with van der Waals surface area (Å²) in [7, 11) is 0. The first kappa shape index (κ1) is 21.4. The number of hydrogen-bond donors (Lipinski definition) is 0. The molecule has 1 amide bonds. The van der Waals surface area contributed by atoms with Gasteiger partial charge in [0.05, 0.1) is 25.8 Å². The number of nitrogens with zero attached hydrogens (tertiary/aromatic N) is 4. The number of fused-ring (bicyclic) bond motifs is 1. The van der Waals surface area contributed by atoms with Gasteiger partial charge in [-0.25, -0.2) is 9.97 Å². The summed E-state index contributed by atoms with van der Waals surface area (Å²) in [5.74, 6) is 0.0614. The number of para-hydroxylation sites is 1. The van der Waals surface area contributed by atoms with E-state index < -0.39 is 0 Å². The van der Waals surface area contributed by atoms with Gasteiger partial charge in [0.25, 0.3) is 5.91 Å². The molecule has 9 heteroatoms. The lowest BCUT2D eigenvalue weighted by atomic mass is 10.3. The van der Waals surface area contributed by atoms with E-state index >= 15 is 0 Å². The topological polar surface area (TPSA) is 49.3 Å². The molecular formula is C21H21ClN4OS3. The van der Waals surface area contributed by atoms with Crippen LogP contribution in [-0.2, 0) is 6.42 Å². The van der Waals surface area contributed by atoms with Crippen LogP contribution in [0, 0.1) is 0 Å². The molecule has 30 heavy (non-hydrogen) atoms. The molecule has 5 nitrogen and oxygen atoms in total. The summed E-state index contributed by atoms with van der Waals surface area (Å²) >= 11 is 4.95. The summed E-state index contributed by atoms with van der Waals surface area (Å²) in [6, 6.07) is 12.1. The van der Waals surface area contributed by atoms with Crippen LogP contribution in [0.5, 0.6) is 0 Å². The largest absolute Gasteiger partial charge is 0.334 e. The number of carbonyl (C=O) groups is 1. The first-order chi connectivity index (χ1) is 14.3. The lowest BCUT2D eigenvalue weighted by Gasteiger charge is -2.34. The smallest absolute Gasteiger partial charge is 0.282 e. The minimum Gasteiger partial charge on any atom is -0.334 e. The Kier molecular flexibility index (Phi) is 6.80. The van der Waals surface area contributed by atoms with Gasteiger partial charge in [0.1, 0.15) is 0 Å². The highest BCUT2D eigenvalue weighted by molar-refractivity contribution is 7.20. The second-order valence-electron chi connectivity index (χ2n) is 6.97. The number of hydrogen-bond acceptors (Lipinski definition) is 7. The van der Waals surface area contributed by atoms with Crippen molar-refractivity contribution in [2.45, 2.75) is 6.42 Å². The lowest BCUT2D eigenvalue weighted by molar-refractivity contribution is 0.0638. The number of benzene rings is 1. The molecule has 4 heterocycles. The molecule has 3 aromatic heterocycles. The molecule has 1 fully saturated rings. The zero-order valence-electron chi connectivity index (χ0n) is 16.2. The summed E-state index contributed by atoms with van der Waals surface area (Å²) in [4.78, 5) is 27.7. The van der Waals surface area contributed by atoms with E-state index in [1.54, 1.807) is 22.7 Å². The molecule has 0 saturated carbocycles. The highest BCUT2D eigenvalue weighted by Gasteiger charge is 2.24. The Labute approximate surface area is 193 Å². The number of aromatic nitrogens is 2. The number of amides is 1. The van der Waals surface area contributed by atoms with Crippen molar-refractivity contribution in [1.29, 1.82) is 0 Å². The zero-order chi connectivity index (χ0) is 19.6. The maximum absolute atomic E-state index is 12.8. The van der Waals surface area contributed by atoms with Crippen LogP contribution in [0.3, 0.4) is 0 Å². The van der Waals surface area contributed by atoms with Crippen LogP contribution >= 0.6 is 46.4 Å². The number of thiazole rings is 2. The highest BCUT2D eigenvalue weighted by Crippen LogP contribution is 2.26. The van der Waals surface area contributed by atoms with Crippen molar-refractivity contribution in [3.63, 3.8) is 0 Å². The maximum Gasteiger partial charge on any atom is 0.282 e. The zero-order valence-corrected chi connectivity index (χ0v) is 19.5. The van der Waals surface area contributed by atoms with Crippen molar-refractivity contribution < 1.29 is 4.79 Å². The monoisotopic (exact) mass is 476 g/mol. The molecule has 0 spiro atoms. The molecule has 0 N–H and O–H groups in total. The van der Waals surface area contributed by atoms with Crippen LogP contribution in [0.1, 0.15) is 14.8 Å². The van der Waals surface area contributed by atoms with Crippen molar-refractivity contribution in [2.75, 3.05) is 32.7 Å². The number of rotatable bonds is 5. The summed E-state index contributed by atoms with van der Waals surface area (Å²) in [5.41, 5.74) is 2.00. The average molecular weight is 477 g/mol. The van der Waals surface area contributed by atoms with Crippen molar-refractivity contribution in [3.05, 3.63) is 57.2 Å². The average Bonchev–Trinajstić information content (AvgIpc) is 3.52. The fourth-order valence-electron chi connectivity index (χ4n) is 3.49. The Balaban J connectivity index is 0.00000218. The van der Waals surface area contributed by atoms with Crippen molar-refractivity contribution in [3.8, 4) is 10.6 Å². The van der Waals surface area contributed by atoms with Crippen molar-refractivity contribution in [1.82, 2.24) is 19.8 Å². The molecule has 1 aliphatic rings. The Bertz CT molecular complexity index is 1080. The fraction of sp³-hybridized carbons (Fsp3) is 0.286. The third-order valence-corrected chi connectivity index (χ3v) is 7.93. The van der Waals surface area contributed by atoms with E-state index in [-0.39, 0.29) is 18.3 Å². The number of piperazine rings is 1. The minimum atomic E-state index is 0. The fourth-order valence-corrected chi connectivity index (χ4v) is 5.97. The molecule has 1 saturated heterocycles. The summed E-state index contributed by atoms with van der Waals surface area (Å²) in [5, 5.41) is 6.02. The number of halogens is 1. The van der Waals surface area contributed by atoms with Gasteiger partial charge in [-0.15, -0.1) is 46.4 Å². The highest BCUT2D eigenvalue weighted by atomic mass is 35.5. The predicted molar refractivity (Wildman–Crippen MR) is 128 cm³/mol. The summed E-state index contributed by atoms with van der Waals surface area (Å²) < 4.78 is 1.07. The molecule has 0 bridgehead atoms. The van der Waals surface area contributed by atoms with Gasteiger partial charge in [0.2, 0.25) is 0 Å². The van der Waals surface area contributed by atoms with Crippen LogP contribution in [0.15, 0.2) is 47.2 Å². The Morgan fingerprint density at radius 1 is 1.00 bits per heavy atom. The Hall–Kier alpha value is -1.84. The molecule has 4 aromatic rings. The van der Waals surface area contributed by atoms with Gasteiger partial charge in [0.15, 0.2) is 5.01 Å². The van der Waals surface area contributed by atoms with Crippen molar-refractivity contribution in [2.24, 2.45) is 0 Å². The van der Waals surface area contributed by atoms with Gasteiger partial charge in [-0.2, -0.15) is 0 Å². The molecular weight excluding hydrogens is 456 g/mol. The first-order valence-corrected chi connectivity index (χ1v) is 12.2. The second kappa shape index (κ2) is 9.53. The third-order valence-electron chi connectivity index (χ3n) is 5.10. The number of carbonyl (C=O) groups excluding carboxylic acids is 1. The molecule has 0 unspecified atom stereocenters. The Morgan fingerprint density at radius 2 is 1.83 bits per heavy atom. The van der Waals surface area contributed by atoms with Crippen LogP contribution in [0.25, 0.3) is 20.8 Å². The van der Waals surface area contributed by atoms with Crippen LogP contribution < -0.4 is 0 Å². The van der Waals surface area contributed by atoms with Gasteiger partial charge in [-0.3, -0.25) is 9.69 Å². The SMILES string of the molecule is Cl.O=C(c1nc2ccccc2s1)N1CCN(CCc2nc(-c3cccs3)cs2)CC1. The third kappa shape index (κ3) is 4.58. The normalized spacial score (nSPS) is 14.7.